The number of ether oxygens (including phenoxy) is 1. The summed E-state index contributed by atoms with van der Waals surface area (Å²) in [4.78, 5) is 37.0. The van der Waals surface area contributed by atoms with Crippen molar-refractivity contribution in [3.05, 3.63) is 54.1 Å². The van der Waals surface area contributed by atoms with E-state index in [1.165, 1.54) is 11.9 Å². The Bertz CT molecular complexity index is 1010. The summed E-state index contributed by atoms with van der Waals surface area (Å²) < 4.78 is 5.78. The quantitative estimate of drug-likeness (QED) is 0.672. The molecule has 0 bridgehead atoms. The lowest BCUT2D eigenvalue weighted by Gasteiger charge is -2.21. The average Bonchev–Trinajstić information content (AvgIpc) is 2.98. The number of hydrogen-bond acceptors (Lipinski definition) is 5. The number of rotatable bonds is 7. The second-order valence-corrected chi connectivity index (χ2v) is 7.32. The number of carbonyl (C=O) groups excluding carboxylic acids is 2. The van der Waals surface area contributed by atoms with Gasteiger partial charge < -0.3 is 20.5 Å². The Hall–Kier alpha value is -3.86. The van der Waals surface area contributed by atoms with Gasteiger partial charge in [-0.15, -0.1) is 0 Å². The molecule has 0 radical (unpaired) electrons. The van der Waals surface area contributed by atoms with Gasteiger partial charge in [0.1, 0.15) is 17.8 Å². The lowest BCUT2D eigenvalue weighted by atomic mass is 9.80. The molecule has 2 unspecified atom stereocenters. The van der Waals surface area contributed by atoms with Gasteiger partial charge in [-0.25, -0.2) is 0 Å². The Morgan fingerprint density at radius 2 is 1.77 bits per heavy atom. The van der Waals surface area contributed by atoms with E-state index >= 15 is 0 Å². The summed E-state index contributed by atoms with van der Waals surface area (Å²) in [6.45, 7) is 0.104. The molecule has 1 aliphatic heterocycles. The second-order valence-electron chi connectivity index (χ2n) is 7.32. The number of carboxylic acid groups (broad SMARTS) is 1. The van der Waals surface area contributed by atoms with Crippen LogP contribution in [-0.4, -0.2) is 47.5 Å². The Balaban J connectivity index is 1.68. The fourth-order valence-electron chi connectivity index (χ4n) is 3.67. The molecule has 30 heavy (non-hydrogen) atoms. The van der Waals surface area contributed by atoms with E-state index < -0.39 is 35.7 Å². The Morgan fingerprint density at radius 1 is 1.20 bits per heavy atom. The molecule has 0 saturated carbocycles. The van der Waals surface area contributed by atoms with E-state index in [-0.39, 0.29) is 13.0 Å². The van der Waals surface area contributed by atoms with E-state index in [0.717, 1.165) is 11.1 Å². The van der Waals surface area contributed by atoms with Gasteiger partial charge in [-0.05, 0) is 41.8 Å². The van der Waals surface area contributed by atoms with Crippen molar-refractivity contribution in [2.75, 3.05) is 13.7 Å². The van der Waals surface area contributed by atoms with Gasteiger partial charge in [-0.1, -0.05) is 24.3 Å². The summed E-state index contributed by atoms with van der Waals surface area (Å²) in [5, 5.41) is 18.0. The number of carboxylic acids is 1. The molecule has 3 rings (SSSR count). The molecule has 1 saturated heterocycles. The highest BCUT2D eigenvalue weighted by molar-refractivity contribution is 6.08. The highest BCUT2D eigenvalue weighted by Crippen LogP contribution is 2.38. The number of nitrogens with two attached hydrogens (primary N) is 1. The first-order valence-corrected chi connectivity index (χ1v) is 9.29. The maximum Gasteiger partial charge on any atom is 0.304 e. The van der Waals surface area contributed by atoms with Crippen molar-refractivity contribution in [2.45, 2.75) is 18.9 Å². The summed E-state index contributed by atoms with van der Waals surface area (Å²) >= 11 is 0. The van der Waals surface area contributed by atoms with Crippen LogP contribution in [0.15, 0.2) is 48.5 Å². The fourth-order valence-corrected chi connectivity index (χ4v) is 3.67. The van der Waals surface area contributed by atoms with Crippen molar-refractivity contribution in [3.63, 3.8) is 0 Å². The van der Waals surface area contributed by atoms with Gasteiger partial charge in [0.05, 0.1) is 24.1 Å². The third-order valence-corrected chi connectivity index (χ3v) is 5.43. The van der Waals surface area contributed by atoms with Crippen LogP contribution in [0.3, 0.4) is 0 Å². The average molecular weight is 407 g/mol. The molecule has 3 N–H and O–H groups in total. The van der Waals surface area contributed by atoms with Crippen LogP contribution in [-0.2, 0) is 14.4 Å². The first-order chi connectivity index (χ1) is 14.3. The monoisotopic (exact) mass is 407 g/mol. The number of benzene rings is 2. The molecular weight excluding hydrogens is 386 g/mol. The van der Waals surface area contributed by atoms with Crippen molar-refractivity contribution in [1.82, 2.24) is 4.90 Å². The predicted octanol–water partition coefficient (Wildman–Crippen LogP) is 1.78. The van der Waals surface area contributed by atoms with Crippen molar-refractivity contribution < 1.29 is 24.2 Å². The third-order valence-electron chi connectivity index (χ3n) is 5.43. The normalized spacial score (nSPS) is 20.6. The molecule has 0 aliphatic carbocycles. The zero-order valence-corrected chi connectivity index (χ0v) is 16.4. The van der Waals surface area contributed by atoms with Crippen LogP contribution >= 0.6 is 0 Å². The largest absolute Gasteiger partial charge is 0.491 e. The smallest absolute Gasteiger partial charge is 0.304 e. The molecule has 1 heterocycles. The van der Waals surface area contributed by atoms with Gasteiger partial charge in [-0.3, -0.25) is 14.4 Å². The number of amides is 2. The van der Waals surface area contributed by atoms with Gasteiger partial charge >= 0.3 is 5.97 Å². The van der Waals surface area contributed by atoms with E-state index in [1.54, 1.807) is 24.3 Å². The number of likely N-dealkylation sites (N-methyl/N-ethyl adjacent to an activating group) is 1. The van der Waals surface area contributed by atoms with Crippen LogP contribution in [0.5, 0.6) is 5.75 Å². The second kappa shape index (κ2) is 8.25. The van der Waals surface area contributed by atoms with Gasteiger partial charge in [0.2, 0.25) is 11.8 Å². The summed E-state index contributed by atoms with van der Waals surface area (Å²) in [6, 6.07) is 16.1. The van der Waals surface area contributed by atoms with E-state index in [9.17, 15) is 14.4 Å². The SMILES string of the molecule is CN1C(=O)C(CC(=O)O)(C(N)=O)CC1COc1ccc(-c2ccc(C#N)cc2)cc1. The van der Waals surface area contributed by atoms with Gasteiger partial charge in [0.25, 0.3) is 0 Å². The Labute approximate surface area is 173 Å². The van der Waals surface area contributed by atoms with Crippen LogP contribution in [0.25, 0.3) is 11.1 Å². The van der Waals surface area contributed by atoms with Crippen molar-refractivity contribution >= 4 is 17.8 Å². The topological polar surface area (TPSA) is 134 Å². The number of primary amides is 1. The number of nitrogens with zero attached hydrogens (tertiary/aromatic N) is 2. The van der Waals surface area contributed by atoms with Crippen LogP contribution in [0, 0.1) is 16.7 Å². The summed E-state index contributed by atoms with van der Waals surface area (Å²) in [6.07, 6.45) is -0.644. The van der Waals surface area contributed by atoms with Crippen molar-refractivity contribution in [3.8, 4) is 22.9 Å². The molecule has 0 aromatic heterocycles. The maximum absolute atomic E-state index is 12.6. The molecular formula is C22H21N3O5. The van der Waals surface area contributed by atoms with E-state index in [0.29, 0.717) is 11.3 Å². The summed E-state index contributed by atoms with van der Waals surface area (Å²) in [5.41, 5.74) is 6.14. The molecule has 2 amide bonds. The van der Waals surface area contributed by atoms with Gasteiger partial charge in [-0.2, -0.15) is 5.26 Å². The minimum Gasteiger partial charge on any atom is -0.491 e. The Kier molecular flexibility index (Phi) is 5.74. The van der Waals surface area contributed by atoms with Gasteiger partial charge in [0.15, 0.2) is 0 Å². The standard InChI is InChI=1S/C22H21N3O5/c1-25-17(10-22(20(24)28,21(25)29)11-19(26)27)13-30-18-8-6-16(7-9-18)15-4-2-14(12-23)3-5-15/h2-9,17H,10-11,13H2,1H3,(H2,24,28)(H,26,27). The first kappa shape index (κ1) is 20.9. The number of aliphatic carboxylic acids is 1. The van der Waals surface area contributed by atoms with Crippen LogP contribution < -0.4 is 10.5 Å². The molecule has 1 fully saturated rings. The predicted molar refractivity (Wildman–Crippen MR) is 107 cm³/mol. The third kappa shape index (κ3) is 3.96. The molecule has 2 atom stereocenters. The minimum atomic E-state index is -1.74. The molecule has 0 spiro atoms. The molecule has 1 aliphatic rings. The zero-order chi connectivity index (χ0) is 21.9. The van der Waals surface area contributed by atoms with Crippen molar-refractivity contribution in [2.24, 2.45) is 11.1 Å². The number of likely N-dealkylation sites (tertiary alicyclic amines) is 1. The lowest BCUT2D eigenvalue weighted by Crippen LogP contribution is -2.45. The molecule has 2 aromatic carbocycles. The summed E-state index contributed by atoms with van der Waals surface area (Å²) in [5.74, 6) is -2.21. The van der Waals surface area contributed by atoms with E-state index in [1.807, 2.05) is 24.3 Å². The highest BCUT2D eigenvalue weighted by Gasteiger charge is 2.55. The summed E-state index contributed by atoms with van der Waals surface area (Å²) in [7, 11) is 1.51. The molecule has 8 heteroatoms. The number of nitriles is 1. The molecule has 154 valence electrons. The number of carbonyl (C=O) groups is 3. The lowest BCUT2D eigenvalue weighted by molar-refractivity contribution is -0.151. The zero-order valence-electron chi connectivity index (χ0n) is 16.4. The van der Waals surface area contributed by atoms with Crippen LogP contribution in [0.2, 0.25) is 0 Å². The van der Waals surface area contributed by atoms with E-state index in [4.69, 9.17) is 20.8 Å². The fraction of sp³-hybridized carbons (Fsp3) is 0.273. The van der Waals surface area contributed by atoms with E-state index in [2.05, 4.69) is 6.07 Å². The van der Waals surface area contributed by atoms with Crippen molar-refractivity contribution in [1.29, 1.82) is 5.26 Å². The molecule has 2 aromatic rings. The van der Waals surface area contributed by atoms with Crippen LogP contribution in [0.1, 0.15) is 18.4 Å². The number of hydrogen-bond donors (Lipinski definition) is 2. The molecule has 8 nitrogen and oxygen atoms in total. The highest BCUT2D eigenvalue weighted by atomic mass is 16.5. The first-order valence-electron chi connectivity index (χ1n) is 9.29. The maximum atomic E-state index is 12.6. The van der Waals surface area contributed by atoms with Gasteiger partial charge in [0, 0.05) is 7.05 Å². The van der Waals surface area contributed by atoms with Crippen LogP contribution in [0.4, 0.5) is 0 Å². The Morgan fingerprint density at radius 3 is 2.27 bits per heavy atom. The minimum absolute atomic E-state index is 0.00666.